The topological polar surface area (TPSA) is 138 Å². The molecule has 1 aromatic heterocycles. The summed E-state index contributed by atoms with van der Waals surface area (Å²) in [5.74, 6) is 0.940. The van der Waals surface area contributed by atoms with Gasteiger partial charge in [-0.05, 0) is 30.2 Å². The first-order chi connectivity index (χ1) is 14.0. The van der Waals surface area contributed by atoms with Gasteiger partial charge in [-0.3, -0.25) is 10.1 Å². The number of aromatic nitrogens is 3. The molecule has 0 amide bonds. The number of aryl methyl sites for hydroxylation is 1. The molecule has 0 atom stereocenters. The van der Waals surface area contributed by atoms with Crippen molar-refractivity contribution in [3.63, 3.8) is 0 Å². The van der Waals surface area contributed by atoms with Crippen LogP contribution in [0.25, 0.3) is 0 Å². The fourth-order valence-corrected chi connectivity index (χ4v) is 2.66. The van der Waals surface area contributed by atoms with Crippen molar-refractivity contribution in [1.29, 1.82) is 0 Å². The molecule has 3 rings (SSSR count). The first-order valence-corrected chi connectivity index (χ1v) is 8.80. The summed E-state index contributed by atoms with van der Waals surface area (Å²) in [5.41, 5.74) is 7.52. The maximum absolute atomic E-state index is 11.3. The van der Waals surface area contributed by atoms with Gasteiger partial charge < -0.3 is 20.5 Å². The average Bonchev–Trinajstić information content (AvgIpc) is 2.72. The van der Waals surface area contributed by atoms with Gasteiger partial charge in [0.05, 0.1) is 18.1 Å². The maximum atomic E-state index is 11.3. The van der Waals surface area contributed by atoms with E-state index in [0.717, 1.165) is 17.7 Å². The van der Waals surface area contributed by atoms with E-state index >= 15 is 0 Å². The monoisotopic (exact) mass is 396 g/mol. The molecule has 0 aliphatic heterocycles. The van der Waals surface area contributed by atoms with Crippen LogP contribution in [0, 0.1) is 10.1 Å². The lowest BCUT2D eigenvalue weighted by atomic mass is 10.1. The number of nitrogen functional groups attached to an aromatic ring is 1. The number of hydrogen-bond acceptors (Lipinski definition) is 9. The highest BCUT2D eigenvalue weighted by molar-refractivity contribution is 5.58. The molecule has 0 spiro atoms. The quantitative estimate of drug-likeness (QED) is 0.434. The molecule has 0 saturated heterocycles. The third-order valence-electron chi connectivity index (χ3n) is 4.06. The van der Waals surface area contributed by atoms with Gasteiger partial charge in [0.15, 0.2) is 11.6 Å². The minimum absolute atomic E-state index is 0.0133. The fraction of sp³-hybridized carbons (Fsp3) is 0.211. The van der Waals surface area contributed by atoms with Gasteiger partial charge in [-0.25, -0.2) is 0 Å². The smallest absolute Gasteiger partial charge is 0.314 e. The Bertz CT molecular complexity index is 1030. The second-order valence-electron chi connectivity index (χ2n) is 5.95. The molecule has 0 saturated carbocycles. The summed E-state index contributed by atoms with van der Waals surface area (Å²) >= 11 is 0. The van der Waals surface area contributed by atoms with Crippen LogP contribution in [0.5, 0.6) is 11.5 Å². The van der Waals surface area contributed by atoms with Crippen molar-refractivity contribution in [1.82, 2.24) is 15.0 Å². The third-order valence-corrected chi connectivity index (χ3v) is 4.06. The standard InChI is InChI=1S/C19H20N6O4/c1-3-12-6-4-5-7-14(12)21-19-23-17(22-18(20)24-19)11-29-16-9-8-13(28-2)10-15(16)25(26)27/h4-10H,3,11H2,1-2H3,(H3,20,21,22,23,24). The molecule has 0 unspecified atom stereocenters. The van der Waals surface area contributed by atoms with E-state index in [2.05, 4.69) is 20.3 Å². The molecular formula is C19H20N6O4. The van der Waals surface area contributed by atoms with Crippen LogP contribution in [0.15, 0.2) is 42.5 Å². The summed E-state index contributed by atoms with van der Waals surface area (Å²) in [5, 5.41) is 14.4. The molecule has 0 aliphatic rings. The van der Waals surface area contributed by atoms with E-state index in [9.17, 15) is 10.1 Å². The van der Waals surface area contributed by atoms with E-state index < -0.39 is 4.92 Å². The number of nitrogens with two attached hydrogens (primary N) is 1. The lowest BCUT2D eigenvalue weighted by Gasteiger charge is -2.11. The van der Waals surface area contributed by atoms with Crippen LogP contribution in [0.4, 0.5) is 23.3 Å². The SMILES string of the molecule is CCc1ccccc1Nc1nc(N)nc(COc2ccc(OC)cc2[N+](=O)[O-])n1. The van der Waals surface area contributed by atoms with E-state index in [4.69, 9.17) is 15.2 Å². The Morgan fingerprint density at radius 3 is 2.69 bits per heavy atom. The number of nitrogens with one attached hydrogen (secondary N) is 1. The van der Waals surface area contributed by atoms with Crippen LogP contribution in [0.1, 0.15) is 18.3 Å². The summed E-state index contributed by atoms with van der Waals surface area (Å²) in [6, 6.07) is 12.1. The lowest BCUT2D eigenvalue weighted by molar-refractivity contribution is -0.386. The van der Waals surface area contributed by atoms with Crippen molar-refractivity contribution in [2.45, 2.75) is 20.0 Å². The van der Waals surface area contributed by atoms with E-state index in [-0.39, 0.29) is 35.8 Å². The van der Waals surface area contributed by atoms with Crippen LogP contribution in [-0.4, -0.2) is 27.0 Å². The van der Waals surface area contributed by atoms with Crippen molar-refractivity contribution < 1.29 is 14.4 Å². The normalized spacial score (nSPS) is 10.4. The molecule has 3 N–H and O–H groups in total. The number of para-hydroxylation sites is 1. The van der Waals surface area contributed by atoms with E-state index in [1.807, 2.05) is 31.2 Å². The Morgan fingerprint density at radius 2 is 1.97 bits per heavy atom. The zero-order valence-electron chi connectivity index (χ0n) is 16.0. The number of nitro benzene ring substituents is 1. The zero-order chi connectivity index (χ0) is 20.8. The number of methoxy groups -OCH3 is 1. The van der Waals surface area contributed by atoms with E-state index in [1.165, 1.54) is 19.2 Å². The number of hydrogen-bond donors (Lipinski definition) is 2. The fourth-order valence-electron chi connectivity index (χ4n) is 2.66. The van der Waals surface area contributed by atoms with Crippen molar-refractivity contribution >= 4 is 23.3 Å². The molecule has 29 heavy (non-hydrogen) atoms. The number of nitrogens with zero attached hydrogens (tertiary/aromatic N) is 4. The molecule has 3 aromatic rings. The number of rotatable bonds is 8. The van der Waals surface area contributed by atoms with Gasteiger partial charge in [0, 0.05) is 5.69 Å². The van der Waals surface area contributed by atoms with Crippen molar-refractivity contribution in [3.8, 4) is 11.5 Å². The summed E-state index contributed by atoms with van der Waals surface area (Å²) < 4.78 is 10.6. The average molecular weight is 396 g/mol. The minimum atomic E-state index is -0.547. The first kappa shape index (κ1) is 19.8. The van der Waals surface area contributed by atoms with Gasteiger partial charge in [-0.15, -0.1) is 0 Å². The molecule has 0 radical (unpaired) electrons. The molecule has 10 nitrogen and oxygen atoms in total. The van der Waals surface area contributed by atoms with Crippen LogP contribution < -0.4 is 20.5 Å². The van der Waals surface area contributed by atoms with Gasteiger partial charge in [0.2, 0.25) is 11.9 Å². The Labute approximate surface area is 166 Å². The van der Waals surface area contributed by atoms with Crippen LogP contribution >= 0.6 is 0 Å². The summed E-state index contributed by atoms with van der Waals surface area (Å²) in [7, 11) is 1.43. The molecule has 0 fully saturated rings. The summed E-state index contributed by atoms with van der Waals surface area (Å²) in [6.45, 7) is 1.92. The van der Waals surface area contributed by atoms with Crippen molar-refractivity contribution in [2.75, 3.05) is 18.2 Å². The molecule has 150 valence electrons. The van der Waals surface area contributed by atoms with Crippen molar-refractivity contribution in [3.05, 3.63) is 64.0 Å². The van der Waals surface area contributed by atoms with E-state index in [1.54, 1.807) is 6.07 Å². The lowest BCUT2D eigenvalue weighted by Crippen LogP contribution is -2.10. The molecular weight excluding hydrogens is 376 g/mol. The Morgan fingerprint density at radius 1 is 1.17 bits per heavy atom. The van der Waals surface area contributed by atoms with E-state index in [0.29, 0.717) is 5.75 Å². The van der Waals surface area contributed by atoms with Gasteiger partial charge in [0.25, 0.3) is 0 Å². The highest BCUT2D eigenvalue weighted by Crippen LogP contribution is 2.31. The second-order valence-corrected chi connectivity index (χ2v) is 5.95. The number of ether oxygens (including phenoxy) is 2. The number of benzene rings is 2. The summed E-state index contributed by atoms with van der Waals surface area (Å²) in [4.78, 5) is 23.1. The Kier molecular flexibility index (Phi) is 6.03. The van der Waals surface area contributed by atoms with Crippen LogP contribution in [-0.2, 0) is 13.0 Å². The minimum Gasteiger partial charge on any atom is -0.496 e. The molecule has 1 heterocycles. The predicted molar refractivity (Wildman–Crippen MR) is 107 cm³/mol. The van der Waals surface area contributed by atoms with Gasteiger partial charge >= 0.3 is 5.69 Å². The molecule has 10 heteroatoms. The zero-order valence-corrected chi connectivity index (χ0v) is 16.0. The Balaban J connectivity index is 1.80. The second kappa shape index (κ2) is 8.83. The van der Waals surface area contributed by atoms with Gasteiger partial charge in [-0.2, -0.15) is 15.0 Å². The van der Waals surface area contributed by atoms with Crippen LogP contribution in [0.3, 0.4) is 0 Å². The summed E-state index contributed by atoms with van der Waals surface area (Å²) in [6.07, 6.45) is 0.834. The number of nitro groups is 1. The highest BCUT2D eigenvalue weighted by atomic mass is 16.6. The number of anilines is 3. The first-order valence-electron chi connectivity index (χ1n) is 8.80. The Hall–Kier alpha value is -3.95. The van der Waals surface area contributed by atoms with Crippen molar-refractivity contribution in [2.24, 2.45) is 0 Å². The maximum Gasteiger partial charge on any atom is 0.314 e. The third kappa shape index (κ3) is 4.86. The van der Waals surface area contributed by atoms with Crippen LogP contribution in [0.2, 0.25) is 0 Å². The van der Waals surface area contributed by atoms with Gasteiger partial charge in [0.1, 0.15) is 12.4 Å². The van der Waals surface area contributed by atoms with Gasteiger partial charge in [-0.1, -0.05) is 25.1 Å². The predicted octanol–water partition coefficient (Wildman–Crippen LogP) is 3.26. The molecule has 0 bridgehead atoms. The largest absolute Gasteiger partial charge is 0.496 e. The highest BCUT2D eigenvalue weighted by Gasteiger charge is 2.17. The molecule has 0 aliphatic carbocycles. The molecule has 2 aromatic carbocycles.